The summed E-state index contributed by atoms with van der Waals surface area (Å²) in [6, 6.07) is 0.261. The lowest BCUT2D eigenvalue weighted by Gasteiger charge is -2.36. The van der Waals surface area contributed by atoms with Gasteiger partial charge in [-0.3, -0.25) is 4.79 Å². The van der Waals surface area contributed by atoms with Crippen LogP contribution >= 0.6 is 0 Å². The minimum Gasteiger partial charge on any atom is -0.376 e. The van der Waals surface area contributed by atoms with Crippen molar-refractivity contribution in [1.29, 1.82) is 0 Å². The van der Waals surface area contributed by atoms with Crippen LogP contribution in [0.25, 0.3) is 0 Å². The molecule has 4 heteroatoms. The molecule has 0 saturated heterocycles. The Morgan fingerprint density at radius 2 is 2.11 bits per heavy atom. The third-order valence-corrected chi connectivity index (χ3v) is 3.81. The van der Waals surface area contributed by atoms with Gasteiger partial charge in [0.1, 0.15) is 5.54 Å². The van der Waals surface area contributed by atoms with Crippen molar-refractivity contribution in [2.24, 2.45) is 11.7 Å². The summed E-state index contributed by atoms with van der Waals surface area (Å²) in [4.78, 5) is 11.9. The molecule has 0 aromatic heterocycles. The molecule has 3 N–H and O–H groups in total. The predicted octanol–water partition coefficient (Wildman–Crippen LogP) is 2.21. The van der Waals surface area contributed by atoms with Gasteiger partial charge in [-0.15, -0.1) is 0 Å². The molecule has 0 heterocycles. The van der Waals surface area contributed by atoms with Gasteiger partial charge in [0.2, 0.25) is 5.91 Å². The zero-order valence-electron chi connectivity index (χ0n) is 13.1. The van der Waals surface area contributed by atoms with Gasteiger partial charge in [0.15, 0.2) is 0 Å². The molecule has 0 aliphatic heterocycles. The maximum atomic E-state index is 11.9. The molecule has 1 aliphatic carbocycles. The van der Waals surface area contributed by atoms with Crippen molar-refractivity contribution in [3.63, 3.8) is 0 Å². The number of rotatable bonds is 6. The molecule has 19 heavy (non-hydrogen) atoms. The van der Waals surface area contributed by atoms with Gasteiger partial charge in [-0.25, -0.2) is 0 Å². The van der Waals surface area contributed by atoms with E-state index >= 15 is 0 Å². The summed E-state index contributed by atoms with van der Waals surface area (Å²) >= 11 is 0. The SMILES string of the molecule is CC(C)NC1(C(N)=O)CCCC1CCOC(C)(C)C. The minimum atomic E-state index is -0.532. The standard InChI is InChI=1S/C15H30N2O2/c1-11(2)17-15(13(16)18)9-6-7-12(15)8-10-19-14(3,4)5/h11-12,17H,6-10H2,1-5H3,(H2,16,18). The van der Waals surface area contributed by atoms with Crippen LogP contribution in [0.3, 0.4) is 0 Å². The van der Waals surface area contributed by atoms with Crippen LogP contribution in [0.5, 0.6) is 0 Å². The number of carbonyl (C=O) groups excluding carboxylic acids is 1. The Morgan fingerprint density at radius 1 is 1.47 bits per heavy atom. The first-order valence-electron chi connectivity index (χ1n) is 7.39. The highest BCUT2D eigenvalue weighted by atomic mass is 16.5. The van der Waals surface area contributed by atoms with Crippen LogP contribution in [0.4, 0.5) is 0 Å². The highest BCUT2D eigenvalue weighted by molar-refractivity contribution is 5.85. The van der Waals surface area contributed by atoms with E-state index in [-0.39, 0.29) is 23.5 Å². The molecule has 0 spiro atoms. The van der Waals surface area contributed by atoms with E-state index in [2.05, 4.69) is 39.9 Å². The Kier molecular flexibility index (Phi) is 5.39. The van der Waals surface area contributed by atoms with Crippen LogP contribution < -0.4 is 11.1 Å². The normalized spacial score (nSPS) is 28.0. The van der Waals surface area contributed by atoms with E-state index in [0.717, 1.165) is 25.7 Å². The van der Waals surface area contributed by atoms with Crippen LogP contribution in [0, 0.1) is 5.92 Å². The number of carbonyl (C=O) groups is 1. The second-order valence-electron chi connectivity index (χ2n) is 6.97. The van der Waals surface area contributed by atoms with Crippen LogP contribution in [0.2, 0.25) is 0 Å². The van der Waals surface area contributed by atoms with Crippen LogP contribution in [0.1, 0.15) is 60.3 Å². The molecule has 1 saturated carbocycles. The Morgan fingerprint density at radius 3 is 2.58 bits per heavy atom. The van der Waals surface area contributed by atoms with Gasteiger partial charge in [0.25, 0.3) is 0 Å². The van der Waals surface area contributed by atoms with E-state index in [1.165, 1.54) is 0 Å². The molecule has 2 unspecified atom stereocenters. The highest BCUT2D eigenvalue weighted by Crippen LogP contribution is 2.38. The van der Waals surface area contributed by atoms with Crippen molar-refractivity contribution < 1.29 is 9.53 Å². The molecular weight excluding hydrogens is 240 g/mol. The average Bonchev–Trinajstić information content (AvgIpc) is 2.60. The topological polar surface area (TPSA) is 64.3 Å². The summed E-state index contributed by atoms with van der Waals surface area (Å²) in [5.74, 6) is 0.0780. The number of primary amides is 1. The van der Waals surface area contributed by atoms with E-state index in [0.29, 0.717) is 6.61 Å². The van der Waals surface area contributed by atoms with Crippen molar-refractivity contribution in [2.75, 3.05) is 6.61 Å². The van der Waals surface area contributed by atoms with E-state index in [9.17, 15) is 4.79 Å². The summed E-state index contributed by atoms with van der Waals surface area (Å²) in [5.41, 5.74) is 5.03. The van der Waals surface area contributed by atoms with E-state index in [1.54, 1.807) is 0 Å². The molecule has 0 radical (unpaired) electrons. The summed E-state index contributed by atoms with van der Waals surface area (Å²) < 4.78 is 5.79. The van der Waals surface area contributed by atoms with Crippen LogP contribution in [-0.2, 0) is 9.53 Å². The fourth-order valence-corrected chi connectivity index (χ4v) is 3.08. The molecule has 1 rings (SSSR count). The number of ether oxygens (including phenoxy) is 1. The van der Waals surface area contributed by atoms with Crippen molar-refractivity contribution in [2.45, 2.75) is 77.5 Å². The summed E-state index contributed by atoms with van der Waals surface area (Å²) in [5, 5.41) is 3.42. The quantitative estimate of drug-likeness (QED) is 0.778. The second kappa shape index (κ2) is 6.23. The third kappa shape index (κ3) is 4.46. The first-order valence-corrected chi connectivity index (χ1v) is 7.39. The number of hydrogen-bond acceptors (Lipinski definition) is 3. The minimum absolute atomic E-state index is 0.126. The fourth-order valence-electron chi connectivity index (χ4n) is 3.08. The Balaban J connectivity index is 2.66. The van der Waals surface area contributed by atoms with Crippen molar-refractivity contribution >= 4 is 5.91 Å². The first-order chi connectivity index (χ1) is 8.67. The summed E-state index contributed by atoms with van der Waals surface area (Å²) in [6.07, 6.45) is 3.85. The molecule has 1 aliphatic rings. The maximum absolute atomic E-state index is 11.9. The Bertz CT molecular complexity index is 310. The van der Waals surface area contributed by atoms with Gasteiger partial charge in [-0.2, -0.15) is 0 Å². The average molecular weight is 270 g/mol. The Labute approximate surface area is 117 Å². The molecule has 2 atom stereocenters. The zero-order chi connectivity index (χ0) is 14.7. The number of nitrogens with one attached hydrogen (secondary N) is 1. The number of nitrogens with two attached hydrogens (primary N) is 1. The lowest BCUT2D eigenvalue weighted by atomic mass is 9.83. The molecule has 0 aromatic carbocycles. The molecule has 4 nitrogen and oxygen atoms in total. The van der Waals surface area contributed by atoms with E-state index in [4.69, 9.17) is 10.5 Å². The number of amides is 1. The second-order valence-corrected chi connectivity index (χ2v) is 6.97. The first kappa shape index (κ1) is 16.4. The van der Waals surface area contributed by atoms with Gasteiger partial charge < -0.3 is 15.8 Å². The van der Waals surface area contributed by atoms with Gasteiger partial charge in [-0.05, 0) is 59.8 Å². The highest BCUT2D eigenvalue weighted by Gasteiger charge is 2.47. The van der Waals surface area contributed by atoms with E-state index < -0.39 is 5.54 Å². The maximum Gasteiger partial charge on any atom is 0.238 e. The molecule has 1 fully saturated rings. The van der Waals surface area contributed by atoms with Crippen LogP contribution in [0.15, 0.2) is 0 Å². The molecule has 1 amide bonds. The van der Waals surface area contributed by atoms with Gasteiger partial charge in [0, 0.05) is 12.6 Å². The van der Waals surface area contributed by atoms with E-state index in [1.807, 2.05) is 0 Å². The smallest absolute Gasteiger partial charge is 0.238 e. The largest absolute Gasteiger partial charge is 0.376 e. The van der Waals surface area contributed by atoms with Gasteiger partial charge >= 0.3 is 0 Å². The summed E-state index contributed by atoms with van der Waals surface area (Å²) in [6.45, 7) is 11.0. The molecular formula is C15H30N2O2. The van der Waals surface area contributed by atoms with Crippen LogP contribution in [-0.4, -0.2) is 29.7 Å². The monoisotopic (exact) mass is 270 g/mol. The van der Waals surface area contributed by atoms with Gasteiger partial charge in [-0.1, -0.05) is 6.42 Å². The summed E-state index contributed by atoms with van der Waals surface area (Å²) in [7, 11) is 0. The Hall–Kier alpha value is -0.610. The van der Waals surface area contributed by atoms with Gasteiger partial charge in [0.05, 0.1) is 5.60 Å². The van der Waals surface area contributed by atoms with Crippen molar-refractivity contribution in [3.8, 4) is 0 Å². The fraction of sp³-hybridized carbons (Fsp3) is 0.933. The number of hydrogen-bond donors (Lipinski definition) is 2. The third-order valence-electron chi connectivity index (χ3n) is 3.81. The molecule has 112 valence electrons. The lowest BCUT2D eigenvalue weighted by Crippen LogP contribution is -2.60. The molecule has 0 bridgehead atoms. The predicted molar refractivity (Wildman–Crippen MR) is 77.9 cm³/mol. The van der Waals surface area contributed by atoms with Crippen molar-refractivity contribution in [1.82, 2.24) is 5.32 Å². The van der Waals surface area contributed by atoms with Crippen molar-refractivity contribution in [3.05, 3.63) is 0 Å². The molecule has 0 aromatic rings. The zero-order valence-corrected chi connectivity index (χ0v) is 13.1. The lowest BCUT2D eigenvalue weighted by molar-refractivity contribution is -0.126.